The third-order valence-electron chi connectivity index (χ3n) is 2.34. The van der Waals surface area contributed by atoms with Gasteiger partial charge in [-0.2, -0.15) is 13.2 Å². The molecular weight excluding hydrogens is 350 g/mol. The first-order chi connectivity index (χ1) is 7.43. The van der Waals surface area contributed by atoms with Crippen molar-refractivity contribution in [3.63, 3.8) is 0 Å². The minimum atomic E-state index is -4.28. The third-order valence-corrected chi connectivity index (χ3v) is 4.07. The molecule has 0 saturated carbocycles. The molecule has 0 aliphatic carbocycles. The number of alkyl halides is 3. The largest absolute Gasteiger partial charge is 0.416 e. The molecule has 0 radical (unpaired) electrons. The molecule has 0 spiro atoms. The van der Waals surface area contributed by atoms with Crippen molar-refractivity contribution in [2.45, 2.75) is 13.1 Å². The van der Waals surface area contributed by atoms with Gasteiger partial charge in [-0.05, 0) is 30.7 Å². The van der Waals surface area contributed by atoms with Crippen LogP contribution < -0.4 is 0 Å². The molecule has 0 saturated heterocycles. The van der Waals surface area contributed by atoms with Crippen molar-refractivity contribution in [2.75, 3.05) is 0 Å². The van der Waals surface area contributed by atoms with Gasteiger partial charge in [0.1, 0.15) is 0 Å². The molecular formula is C10H7F3INS. The average molecular weight is 357 g/mol. The summed E-state index contributed by atoms with van der Waals surface area (Å²) in [5, 5.41) is 0.622. The molecule has 1 aromatic carbocycles. The fourth-order valence-corrected chi connectivity index (χ4v) is 3.09. The number of hydrogen-bond donors (Lipinski definition) is 0. The number of aryl methyl sites for hydroxylation is 1. The number of halogens is 4. The first-order valence-electron chi connectivity index (χ1n) is 4.41. The molecule has 6 heteroatoms. The van der Waals surface area contributed by atoms with Crippen LogP contribution in [0.3, 0.4) is 0 Å². The first-order valence-corrected chi connectivity index (χ1v) is 7.73. The number of aromatic nitrogens is 1. The maximum absolute atomic E-state index is 12.6. The normalized spacial score (nSPS) is 12.3. The molecule has 0 aliphatic rings. The van der Waals surface area contributed by atoms with Crippen molar-refractivity contribution in [2.24, 2.45) is 0 Å². The van der Waals surface area contributed by atoms with E-state index in [4.69, 9.17) is 0 Å². The van der Waals surface area contributed by atoms with Crippen LogP contribution in [0.5, 0.6) is 0 Å². The van der Waals surface area contributed by atoms with Crippen LogP contribution in [-0.2, 0) is 6.18 Å². The fourth-order valence-electron chi connectivity index (χ4n) is 1.68. The highest BCUT2D eigenvalue weighted by molar-refractivity contribution is 14.2. The van der Waals surface area contributed by atoms with E-state index in [0.717, 1.165) is 5.52 Å². The van der Waals surface area contributed by atoms with Gasteiger partial charge in [0.25, 0.3) is 0 Å². The number of benzene rings is 1. The molecule has 2 rings (SSSR count). The van der Waals surface area contributed by atoms with E-state index in [1.165, 1.54) is 21.3 Å². The summed E-state index contributed by atoms with van der Waals surface area (Å²) in [5.41, 5.74) is 0.889. The van der Waals surface area contributed by atoms with Gasteiger partial charge in [0.05, 0.1) is 11.1 Å². The molecule has 0 fully saturated rings. The van der Waals surface area contributed by atoms with E-state index in [1.807, 2.05) is 3.97 Å². The summed E-state index contributed by atoms with van der Waals surface area (Å²) < 4.78 is 39.6. The van der Waals surface area contributed by atoms with Crippen LogP contribution in [0.4, 0.5) is 13.2 Å². The molecule has 0 unspecified atom stereocenters. The van der Waals surface area contributed by atoms with Crippen LogP contribution in [0.25, 0.3) is 10.9 Å². The van der Waals surface area contributed by atoms with Crippen LogP contribution in [0, 0.1) is 6.92 Å². The SMILES string of the molecule is Cc1cc(C(F)(F)F)cc2ccn(SI)c12. The lowest BCUT2D eigenvalue weighted by atomic mass is 10.1. The van der Waals surface area contributed by atoms with Crippen LogP contribution in [0.1, 0.15) is 11.1 Å². The van der Waals surface area contributed by atoms with E-state index in [1.54, 1.807) is 19.2 Å². The predicted molar refractivity (Wildman–Crippen MR) is 68.7 cm³/mol. The third kappa shape index (κ3) is 2.04. The summed E-state index contributed by atoms with van der Waals surface area (Å²) in [6.45, 7) is 1.70. The van der Waals surface area contributed by atoms with Crippen molar-refractivity contribution in [3.8, 4) is 0 Å². The zero-order valence-electron chi connectivity index (χ0n) is 8.18. The van der Waals surface area contributed by atoms with Crippen molar-refractivity contribution < 1.29 is 13.2 Å². The Kier molecular flexibility index (Phi) is 3.13. The van der Waals surface area contributed by atoms with Crippen molar-refractivity contribution >= 4 is 41.2 Å². The summed E-state index contributed by atoms with van der Waals surface area (Å²) in [6, 6.07) is 4.07. The molecule has 2 aromatic rings. The summed E-state index contributed by atoms with van der Waals surface area (Å²) in [7, 11) is 1.44. The zero-order chi connectivity index (χ0) is 11.9. The Morgan fingerprint density at radius 3 is 2.56 bits per heavy atom. The van der Waals surface area contributed by atoms with E-state index < -0.39 is 11.7 Å². The van der Waals surface area contributed by atoms with Crippen LogP contribution in [0.2, 0.25) is 0 Å². The Bertz CT molecular complexity index is 533. The number of rotatable bonds is 1. The minimum absolute atomic E-state index is 0.589. The first kappa shape index (κ1) is 12.1. The molecule has 0 bridgehead atoms. The Morgan fingerprint density at radius 2 is 2.00 bits per heavy atom. The van der Waals surface area contributed by atoms with Gasteiger partial charge >= 0.3 is 6.18 Å². The van der Waals surface area contributed by atoms with Crippen molar-refractivity contribution in [3.05, 3.63) is 35.5 Å². The Morgan fingerprint density at radius 1 is 1.31 bits per heavy atom. The summed E-state index contributed by atoms with van der Waals surface area (Å²) >= 11 is 2.10. The molecule has 16 heavy (non-hydrogen) atoms. The second-order valence-electron chi connectivity index (χ2n) is 3.44. The van der Waals surface area contributed by atoms with Crippen LogP contribution in [0.15, 0.2) is 24.4 Å². The lowest BCUT2D eigenvalue weighted by Gasteiger charge is -2.09. The second kappa shape index (κ2) is 4.14. The number of fused-ring (bicyclic) bond motifs is 1. The molecule has 0 atom stereocenters. The highest BCUT2D eigenvalue weighted by Gasteiger charge is 2.31. The van der Waals surface area contributed by atoms with Crippen molar-refractivity contribution in [1.29, 1.82) is 0 Å². The predicted octanol–water partition coefficient (Wildman–Crippen LogP) is 4.81. The van der Waals surface area contributed by atoms with E-state index in [-0.39, 0.29) is 0 Å². The van der Waals surface area contributed by atoms with Crippen molar-refractivity contribution in [1.82, 2.24) is 3.97 Å². The molecule has 86 valence electrons. The average Bonchev–Trinajstić information content (AvgIpc) is 2.59. The molecule has 1 heterocycles. The number of nitrogens with zero attached hydrogens (tertiary/aromatic N) is 1. The van der Waals surface area contributed by atoms with Gasteiger partial charge < -0.3 is 0 Å². The van der Waals surface area contributed by atoms with Gasteiger partial charge in [-0.1, -0.05) is 0 Å². The van der Waals surface area contributed by atoms with E-state index in [9.17, 15) is 13.2 Å². The Labute approximate surface area is 107 Å². The quantitative estimate of drug-likeness (QED) is 0.663. The molecule has 1 nitrogen and oxygen atoms in total. The van der Waals surface area contributed by atoms with Gasteiger partial charge in [-0.25, -0.2) is 0 Å². The highest BCUT2D eigenvalue weighted by Crippen LogP contribution is 2.35. The zero-order valence-corrected chi connectivity index (χ0v) is 11.2. The smallest absolute Gasteiger partial charge is 0.282 e. The Hall–Kier alpha value is -0.370. The summed E-state index contributed by atoms with van der Waals surface area (Å²) in [5.74, 6) is 0. The maximum Gasteiger partial charge on any atom is 0.416 e. The topological polar surface area (TPSA) is 4.93 Å². The minimum Gasteiger partial charge on any atom is -0.282 e. The summed E-state index contributed by atoms with van der Waals surface area (Å²) in [6.07, 6.45) is -2.51. The Balaban J connectivity index is 2.70. The second-order valence-corrected chi connectivity index (χ2v) is 5.15. The molecule has 0 aliphatic heterocycles. The van der Waals surface area contributed by atoms with Gasteiger partial charge in [0, 0.05) is 41.9 Å². The lowest BCUT2D eigenvalue weighted by molar-refractivity contribution is -0.137. The van der Waals surface area contributed by atoms with Gasteiger partial charge in [0.2, 0.25) is 0 Å². The van der Waals surface area contributed by atoms with Crippen LogP contribution >= 0.6 is 30.3 Å². The lowest BCUT2D eigenvalue weighted by Crippen LogP contribution is -2.05. The van der Waals surface area contributed by atoms with Gasteiger partial charge in [0.15, 0.2) is 0 Å². The van der Waals surface area contributed by atoms with E-state index >= 15 is 0 Å². The standard InChI is InChI=1S/C10H7F3INS/c1-6-4-8(10(11,12)13)5-7-2-3-15(16-14)9(6)7/h2-5H,1H3. The van der Waals surface area contributed by atoms with Gasteiger partial charge in [-0.3, -0.25) is 3.97 Å². The van der Waals surface area contributed by atoms with E-state index in [0.29, 0.717) is 10.9 Å². The van der Waals surface area contributed by atoms with E-state index in [2.05, 4.69) is 21.2 Å². The highest BCUT2D eigenvalue weighted by atomic mass is 127. The van der Waals surface area contributed by atoms with Gasteiger partial charge in [-0.15, -0.1) is 0 Å². The molecule has 0 amide bonds. The molecule has 0 N–H and O–H groups in total. The molecule has 1 aromatic heterocycles. The monoisotopic (exact) mass is 357 g/mol. The summed E-state index contributed by atoms with van der Waals surface area (Å²) in [4.78, 5) is 0. The van der Waals surface area contributed by atoms with Crippen LogP contribution in [-0.4, -0.2) is 3.97 Å². The number of hydrogen-bond acceptors (Lipinski definition) is 1. The fraction of sp³-hybridized carbons (Fsp3) is 0.200. The maximum atomic E-state index is 12.6.